The van der Waals surface area contributed by atoms with Gasteiger partial charge in [-0.15, -0.1) is 0 Å². The summed E-state index contributed by atoms with van der Waals surface area (Å²) in [5.41, 5.74) is 1.30. The van der Waals surface area contributed by atoms with Crippen LogP contribution in [0.5, 0.6) is 17.2 Å². The van der Waals surface area contributed by atoms with Crippen molar-refractivity contribution in [3.8, 4) is 28.4 Å². The second kappa shape index (κ2) is 6.55. The van der Waals surface area contributed by atoms with Crippen LogP contribution >= 0.6 is 0 Å². The fourth-order valence-electron chi connectivity index (χ4n) is 2.79. The van der Waals surface area contributed by atoms with Gasteiger partial charge in [0.05, 0.1) is 10.9 Å². The zero-order valence-corrected chi connectivity index (χ0v) is 14.1. The fourth-order valence-corrected chi connectivity index (χ4v) is 2.79. The van der Waals surface area contributed by atoms with E-state index >= 15 is 0 Å². The van der Waals surface area contributed by atoms with Crippen molar-refractivity contribution in [2.75, 3.05) is 13.2 Å². The zero-order valence-electron chi connectivity index (χ0n) is 14.1. The van der Waals surface area contributed by atoms with Crippen LogP contribution in [-0.4, -0.2) is 19.2 Å². The lowest BCUT2D eigenvalue weighted by Crippen LogP contribution is -2.15. The molecule has 1 aliphatic heterocycles. The molecule has 132 valence electrons. The molecule has 0 amide bonds. The third kappa shape index (κ3) is 2.90. The minimum atomic E-state index is -0.348. The van der Waals surface area contributed by atoms with Crippen molar-refractivity contribution in [3.05, 3.63) is 52.9 Å². The van der Waals surface area contributed by atoms with Gasteiger partial charge in [0.25, 0.3) is 0 Å². The van der Waals surface area contributed by atoms with Gasteiger partial charge in [0.1, 0.15) is 30.8 Å². The Kier molecular flexibility index (Phi) is 4.08. The van der Waals surface area contributed by atoms with Crippen molar-refractivity contribution in [3.63, 3.8) is 0 Å². The summed E-state index contributed by atoms with van der Waals surface area (Å²) in [6.45, 7) is 2.69. The molecule has 0 radical (unpaired) electrons. The molecule has 0 atom stereocenters. The molecule has 0 N–H and O–H groups in total. The van der Waals surface area contributed by atoms with E-state index in [0.29, 0.717) is 52.6 Å². The number of ether oxygens (including phenoxy) is 3. The van der Waals surface area contributed by atoms with Crippen LogP contribution in [0.1, 0.15) is 13.3 Å². The molecule has 0 aliphatic carbocycles. The average molecular weight is 352 g/mol. The molecule has 2 heterocycles. The van der Waals surface area contributed by atoms with E-state index in [4.69, 9.17) is 18.6 Å². The standard InChI is InChI=1S/C20H16O6/c1-2-19(21)26-13-4-5-14-17(10-13)25-11-15(20(14)22)12-3-6-16-18(9-12)24-8-7-23-16/h3-6,9-11H,2,7-8H2,1H3. The third-order valence-corrected chi connectivity index (χ3v) is 4.12. The van der Waals surface area contributed by atoms with Gasteiger partial charge in [0, 0.05) is 12.5 Å². The Morgan fingerprint density at radius 3 is 2.69 bits per heavy atom. The Balaban J connectivity index is 1.75. The second-order valence-electron chi connectivity index (χ2n) is 5.82. The summed E-state index contributed by atoms with van der Waals surface area (Å²) in [7, 11) is 0. The highest BCUT2D eigenvalue weighted by Crippen LogP contribution is 2.34. The fraction of sp³-hybridized carbons (Fsp3) is 0.200. The number of carbonyl (C=O) groups excluding carboxylic acids is 1. The lowest BCUT2D eigenvalue weighted by atomic mass is 10.0. The maximum Gasteiger partial charge on any atom is 0.310 e. The number of hydrogen-bond donors (Lipinski definition) is 0. The molecule has 2 aromatic carbocycles. The highest BCUT2D eigenvalue weighted by Gasteiger charge is 2.16. The molecule has 0 unspecified atom stereocenters. The van der Waals surface area contributed by atoms with Gasteiger partial charge < -0.3 is 18.6 Å². The number of benzene rings is 2. The predicted octanol–water partition coefficient (Wildman–Crippen LogP) is 3.55. The van der Waals surface area contributed by atoms with Crippen LogP contribution in [0.2, 0.25) is 0 Å². The van der Waals surface area contributed by atoms with Crippen molar-refractivity contribution in [2.45, 2.75) is 13.3 Å². The number of hydrogen-bond acceptors (Lipinski definition) is 6. The predicted molar refractivity (Wildman–Crippen MR) is 94.8 cm³/mol. The Bertz CT molecular complexity index is 1050. The lowest BCUT2D eigenvalue weighted by Gasteiger charge is -2.18. The highest BCUT2D eigenvalue weighted by molar-refractivity contribution is 5.84. The monoisotopic (exact) mass is 352 g/mol. The first kappa shape index (κ1) is 16.2. The van der Waals surface area contributed by atoms with Crippen molar-refractivity contribution in [1.29, 1.82) is 0 Å². The van der Waals surface area contributed by atoms with Crippen molar-refractivity contribution in [1.82, 2.24) is 0 Å². The summed E-state index contributed by atoms with van der Waals surface area (Å²) in [6.07, 6.45) is 1.67. The molecular formula is C20H16O6. The van der Waals surface area contributed by atoms with Crippen molar-refractivity contribution < 1.29 is 23.4 Å². The first-order chi connectivity index (χ1) is 12.7. The molecule has 0 saturated carbocycles. The number of rotatable bonds is 3. The summed E-state index contributed by atoms with van der Waals surface area (Å²) in [4.78, 5) is 24.3. The topological polar surface area (TPSA) is 75.0 Å². The molecule has 1 aliphatic rings. The van der Waals surface area contributed by atoms with E-state index in [1.165, 1.54) is 12.3 Å². The SMILES string of the molecule is CCC(=O)Oc1ccc2c(=O)c(-c3ccc4c(c3)OCCO4)coc2c1. The molecule has 0 bridgehead atoms. The van der Waals surface area contributed by atoms with Crippen LogP contribution in [0, 0.1) is 0 Å². The molecule has 0 saturated heterocycles. The largest absolute Gasteiger partial charge is 0.486 e. The van der Waals surface area contributed by atoms with Crippen LogP contribution < -0.4 is 19.6 Å². The Morgan fingerprint density at radius 1 is 1.08 bits per heavy atom. The smallest absolute Gasteiger partial charge is 0.310 e. The second-order valence-corrected chi connectivity index (χ2v) is 5.82. The van der Waals surface area contributed by atoms with E-state index in [-0.39, 0.29) is 17.8 Å². The average Bonchev–Trinajstić information content (AvgIpc) is 2.68. The van der Waals surface area contributed by atoms with Gasteiger partial charge in [-0.2, -0.15) is 0 Å². The normalized spacial score (nSPS) is 12.8. The molecular weight excluding hydrogens is 336 g/mol. The first-order valence-corrected chi connectivity index (χ1v) is 8.32. The third-order valence-electron chi connectivity index (χ3n) is 4.12. The quantitative estimate of drug-likeness (QED) is 0.530. The maximum absolute atomic E-state index is 12.8. The maximum atomic E-state index is 12.8. The molecule has 0 fully saturated rings. The van der Waals surface area contributed by atoms with Crippen LogP contribution in [-0.2, 0) is 4.79 Å². The molecule has 1 aromatic heterocycles. The van der Waals surface area contributed by atoms with E-state index in [1.807, 2.05) is 0 Å². The van der Waals surface area contributed by atoms with Crippen LogP contribution in [0.15, 0.2) is 51.9 Å². The Hall–Kier alpha value is -3.28. The van der Waals surface area contributed by atoms with E-state index < -0.39 is 0 Å². The van der Waals surface area contributed by atoms with Crippen LogP contribution in [0.25, 0.3) is 22.1 Å². The molecule has 3 aromatic rings. The van der Waals surface area contributed by atoms with Gasteiger partial charge in [-0.25, -0.2) is 0 Å². The summed E-state index contributed by atoms with van der Waals surface area (Å²) in [5.74, 6) is 1.27. The van der Waals surface area contributed by atoms with Gasteiger partial charge >= 0.3 is 5.97 Å². The van der Waals surface area contributed by atoms with Gasteiger partial charge in [-0.3, -0.25) is 9.59 Å². The van der Waals surface area contributed by atoms with E-state index in [1.54, 1.807) is 37.3 Å². The van der Waals surface area contributed by atoms with E-state index in [9.17, 15) is 9.59 Å². The minimum Gasteiger partial charge on any atom is -0.486 e. The van der Waals surface area contributed by atoms with Gasteiger partial charge in [0.15, 0.2) is 16.9 Å². The van der Waals surface area contributed by atoms with Gasteiger partial charge in [0.2, 0.25) is 0 Å². The molecule has 26 heavy (non-hydrogen) atoms. The molecule has 6 heteroatoms. The summed E-state index contributed by atoms with van der Waals surface area (Å²) in [6, 6.07) is 10.1. The van der Waals surface area contributed by atoms with Crippen LogP contribution in [0.3, 0.4) is 0 Å². The minimum absolute atomic E-state index is 0.170. The number of fused-ring (bicyclic) bond motifs is 2. The van der Waals surface area contributed by atoms with Crippen molar-refractivity contribution in [2.24, 2.45) is 0 Å². The summed E-state index contributed by atoms with van der Waals surface area (Å²) in [5, 5.41) is 0.411. The lowest BCUT2D eigenvalue weighted by molar-refractivity contribution is -0.134. The summed E-state index contributed by atoms with van der Waals surface area (Å²) < 4.78 is 21.8. The zero-order chi connectivity index (χ0) is 18.1. The molecule has 0 spiro atoms. The van der Waals surface area contributed by atoms with Crippen molar-refractivity contribution >= 4 is 16.9 Å². The number of esters is 1. The summed E-state index contributed by atoms with van der Waals surface area (Å²) >= 11 is 0. The molecule has 6 nitrogen and oxygen atoms in total. The Morgan fingerprint density at radius 2 is 1.88 bits per heavy atom. The number of carbonyl (C=O) groups is 1. The highest BCUT2D eigenvalue weighted by atomic mass is 16.6. The van der Waals surface area contributed by atoms with E-state index in [0.717, 1.165) is 0 Å². The van der Waals surface area contributed by atoms with Gasteiger partial charge in [-0.1, -0.05) is 13.0 Å². The first-order valence-electron chi connectivity index (χ1n) is 8.32. The Labute approximate surface area is 148 Å². The van der Waals surface area contributed by atoms with Crippen LogP contribution in [0.4, 0.5) is 0 Å². The molecule has 4 rings (SSSR count). The van der Waals surface area contributed by atoms with E-state index in [2.05, 4.69) is 0 Å². The van der Waals surface area contributed by atoms with Gasteiger partial charge in [-0.05, 0) is 29.8 Å².